The Hall–Kier alpha value is -2.93. The van der Waals surface area contributed by atoms with Crippen LogP contribution in [0.25, 0.3) is 11.3 Å². The van der Waals surface area contributed by atoms with E-state index in [2.05, 4.69) is 16.2 Å². The third-order valence-electron chi connectivity index (χ3n) is 3.00. The van der Waals surface area contributed by atoms with E-state index in [1.54, 1.807) is 18.5 Å². The first-order chi connectivity index (χ1) is 9.85. The van der Waals surface area contributed by atoms with E-state index in [4.69, 9.17) is 5.26 Å². The fourth-order valence-electron chi connectivity index (χ4n) is 2.04. The van der Waals surface area contributed by atoms with Gasteiger partial charge in [0.15, 0.2) is 0 Å². The highest BCUT2D eigenvalue weighted by atomic mass is 15.3. The SMILES string of the molecule is N#Cc1cccc(Cn2ccc(-c3cccnc3)n2)c1. The van der Waals surface area contributed by atoms with Gasteiger partial charge in [-0.15, -0.1) is 0 Å². The van der Waals surface area contributed by atoms with E-state index in [1.807, 2.05) is 47.3 Å². The number of aromatic nitrogens is 3. The minimum atomic E-state index is 0.649. The summed E-state index contributed by atoms with van der Waals surface area (Å²) >= 11 is 0. The number of rotatable bonds is 3. The van der Waals surface area contributed by atoms with Crippen LogP contribution < -0.4 is 0 Å². The van der Waals surface area contributed by atoms with Crippen LogP contribution in [0, 0.1) is 11.3 Å². The lowest BCUT2D eigenvalue weighted by Gasteiger charge is -2.02. The second-order valence-corrected chi connectivity index (χ2v) is 4.45. The van der Waals surface area contributed by atoms with Crippen molar-refractivity contribution in [3.8, 4) is 17.3 Å². The molecule has 0 aliphatic carbocycles. The van der Waals surface area contributed by atoms with Crippen LogP contribution in [0.4, 0.5) is 0 Å². The third-order valence-corrected chi connectivity index (χ3v) is 3.00. The van der Waals surface area contributed by atoms with Crippen LogP contribution in [-0.2, 0) is 6.54 Å². The van der Waals surface area contributed by atoms with Crippen molar-refractivity contribution in [3.63, 3.8) is 0 Å². The zero-order valence-electron chi connectivity index (χ0n) is 10.8. The maximum atomic E-state index is 8.90. The molecule has 0 spiro atoms. The Morgan fingerprint density at radius 3 is 2.90 bits per heavy atom. The second-order valence-electron chi connectivity index (χ2n) is 4.45. The lowest BCUT2D eigenvalue weighted by Crippen LogP contribution is -2.00. The van der Waals surface area contributed by atoms with E-state index in [0.29, 0.717) is 12.1 Å². The van der Waals surface area contributed by atoms with Crippen molar-refractivity contribution in [1.29, 1.82) is 5.26 Å². The first-order valence-corrected chi connectivity index (χ1v) is 6.28. The molecule has 0 fully saturated rings. The Balaban J connectivity index is 1.83. The summed E-state index contributed by atoms with van der Waals surface area (Å²) in [5.41, 5.74) is 3.62. The van der Waals surface area contributed by atoms with E-state index in [0.717, 1.165) is 16.8 Å². The fourth-order valence-corrected chi connectivity index (χ4v) is 2.04. The molecule has 4 heteroatoms. The van der Waals surface area contributed by atoms with Gasteiger partial charge < -0.3 is 0 Å². The molecule has 0 aliphatic heterocycles. The molecule has 0 saturated carbocycles. The predicted molar refractivity (Wildman–Crippen MR) is 75.7 cm³/mol. The van der Waals surface area contributed by atoms with Crippen LogP contribution >= 0.6 is 0 Å². The maximum absolute atomic E-state index is 8.90. The standard InChI is InChI=1S/C16H12N4/c17-10-13-3-1-4-14(9-13)12-20-8-6-16(19-20)15-5-2-7-18-11-15/h1-9,11H,12H2. The van der Waals surface area contributed by atoms with E-state index in [-0.39, 0.29) is 0 Å². The average molecular weight is 260 g/mol. The topological polar surface area (TPSA) is 54.5 Å². The second kappa shape index (κ2) is 5.37. The van der Waals surface area contributed by atoms with Crippen LogP contribution in [0.1, 0.15) is 11.1 Å². The molecule has 2 heterocycles. The molecule has 1 aromatic carbocycles. The van der Waals surface area contributed by atoms with Gasteiger partial charge in [-0.2, -0.15) is 10.4 Å². The molecule has 0 bridgehead atoms. The summed E-state index contributed by atoms with van der Waals surface area (Å²) in [6.07, 6.45) is 5.47. The number of nitrogens with zero attached hydrogens (tertiary/aromatic N) is 4. The van der Waals surface area contributed by atoms with E-state index in [9.17, 15) is 0 Å². The van der Waals surface area contributed by atoms with Crippen molar-refractivity contribution < 1.29 is 0 Å². The Kier molecular flexibility index (Phi) is 3.25. The van der Waals surface area contributed by atoms with Crippen molar-refractivity contribution in [2.24, 2.45) is 0 Å². The van der Waals surface area contributed by atoms with E-state index >= 15 is 0 Å². The van der Waals surface area contributed by atoms with Gasteiger partial charge in [0.2, 0.25) is 0 Å². The number of pyridine rings is 1. The summed E-state index contributed by atoms with van der Waals surface area (Å²) in [5.74, 6) is 0. The molecule has 4 nitrogen and oxygen atoms in total. The molecule has 0 atom stereocenters. The van der Waals surface area contributed by atoms with Gasteiger partial charge in [-0.05, 0) is 35.9 Å². The number of hydrogen-bond donors (Lipinski definition) is 0. The molecular formula is C16H12N4. The predicted octanol–water partition coefficient (Wildman–Crippen LogP) is 2.87. The Morgan fingerprint density at radius 1 is 1.15 bits per heavy atom. The molecule has 0 aliphatic rings. The summed E-state index contributed by atoms with van der Waals surface area (Å²) in [4.78, 5) is 4.09. The Morgan fingerprint density at radius 2 is 2.10 bits per heavy atom. The Bertz CT molecular complexity index is 753. The molecule has 0 unspecified atom stereocenters. The molecule has 3 aromatic rings. The summed E-state index contributed by atoms with van der Waals surface area (Å²) in [6.45, 7) is 0.649. The van der Waals surface area contributed by atoms with E-state index in [1.165, 1.54) is 0 Å². The zero-order valence-corrected chi connectivity index (χ0v) is 10.8. The molecule has 0 saturated heterocycles. The van der Waals surface area contributed by atoms with Crippen LogP contribution in [0.5, 0.6) is 0 Å². The van der Waals surface area contributed by atoms with Gasteiger partial charge in [0, 0.05) is 24.2 Å². The zero-order chi connectivity index (χ0) is 13.8. The first-order valence-electron chi connectivity index (χ1n) is 6.28. The summed E-state index contributed by atoms with van der Waals surface area (Å²) < 4.78 is 1.86. The maximum Gasteiger partial charge on any atom is 0.0991 e. The summed E-state index contributed by atoms with van der Waals surface area (Å²) in [5, 5.41) is 13.4. The minimum Gasteiger partial charge on any atom is -0.268 e. The smallest absolute Gasteiger partial charge is 0.0991 e. The lowest BCUT2D eigenvalue weighted by atomic mass is 10.1. The molecule has 3 rings (SSSR count). The normalized spacial score (nSPS) is 10.2. The minimum absolute atomic E-state index is 0.649. The van der Waals surface area contributed by atoms with Crippen LogP contribution in [0.15, 0.2) is 61.1 Å². The summed E-state index contributed by atoms with van der Waals surface area (Å²) in [7, 11) is 0. The van der Waals surface area contributed by atoms with Crippen molar-refractivity contribution in [2.75, 3.05) is 0 Å². The fraction of sp³-hybridized carbons (Fsp3) is 0.0625. The highest BCUT2D eigenvalue weighted by molar-refractivity contribution is 5.56. The van der Waals surface area contributed by atoms with Gasteiger partial charge in [-0.25, -0.2) is 0 Å². The Labute approximate surface area is 116 Å². The van der Waals surface area contributed by atoms with Crippen molar-refractivity contribution >= 4 is 0 Å². The largest absolute Gasteiger partial charge is 0.268 e. The molecule has 0 N–H and O–H groups in total. The molecule has 0 amide bonds. The molecule has 20 heavy (non-hydrogen) atoms. The van der Waals surface area contributed by atoms with Crippen LogP contribution in [0.2, 0.25) is 0 Å². The van der Waals surface area contributed by atoms with Gasteiger partial charge in [-0.1, -0.05) is 12.1 Å². The first kappa shape index (κ1) is 12.1. The van der Waals surface area contributed by atoms with Gasteiger partial charge in [0.25, 0.3) is 0 Å². The van der Waals surface area contributed by atoms with Gasteiger partial charge in [0.05, 0.1) is 23.9 Å². The lowest BCUT2D eigenvalue weighted by molar-refractivity contribution is 0.689. The van der Waals surface area contributed by atoms with E-state index < -0.39 is 0 Å². The van der Waals surface area contributed by atoms with Crippen molar-refractivity contribution in [3.05, 3.63) is 72.2 Å². The van der Waals surface area contributed by atoms with Crippen molar-refractivity contribution in [1.82, 2.24) is 14.8 Å². The molecule has 96 valence electrons. The monoisotopic (exact) mass is 260 g/mol. The third kappa shape index (κ3) is 2.57. The van der Waals surface area contributed by atoms with Gasteiger partial charge >= 0.3 is 0 Å². The quantitative estimate of drug-likeness (QED) is 0.727. The molecule has 0 radical (unpaired) electrons. The van der Waals surface area contributed by atoms with Crippen LogP contribution in [-0.4, -0.2) is 14.8 Å². The van der Waals surface area contributed by atoms with Gasteiger partial charge in [0.1, 0.15) is 0 Å². The highest BCUT2D eigenvalue weighted by Gasteiger charge is 2.03. The van der Waals surface area contributed by atoms with Gasteiger partial charge in [-0.3, -0.25) is 9.67 Å². The number of hydrogen-bond acceptors (Lipinski definition) is 3. The average Bonchev–Trinajstić information content (AvgIpc) is 2.97. The van der Waals surface area contributed by atoms with Crippen LogP contribution in [0.3, 0.4) is 0 Å². The number of benzene rings is 1. The molecular weight excluding hydrogens is 248 g/mol. The highest BCUT2D eigenvalue weighted by Crippen LogP contribution is 2.15. The van der Waals surface area contributed by atoms with Crippen molar-refractivity contribution in [2.45, 2.75) is 6.54 Å². The summed E-state index contributed by atoms with van der Waals surface area (Å²) in [6, 6.07) is 15.5. The number of nitriles is 1. The molecule has 2 aromatic heterocycles.